The summed E-state index contributed by atoms with van der Waals surface area (Å²) in [5.74, 6) is 1.67. The van der Waals surface area contributed by atoms with E-state index < -0.39 is 0 Å². The van der Waals surface area contributed by atoms with E-state index in [1.54, 1.807) is 0 Å². The monoisotopic (exact) mass is 253 g/mol. The molecule has 1 aliphatic rings. The van der Waals surface area contributed by atoms with Crippen LogP contribution in [0, 0.1) is 5.92 Å². The summed E-state index contributed by atoms with van der Waals surface area (Å²) >= 11 is 6.23. The number of aromatic nitrogens is 1. The highest BCUT2D eigenvalue weighted by Gasteiger charge is 2.18. The summed E-state index contributed by atoms with van der Waals surface area (Å²) in [7, 11) is 2.06. The van der Waals surface area contributed by atoms with Crippen molar-refractivity contribution in [2.24, 2.45) is 11.7 Å². The van der Waals surface area contributed by atoms with Gasteiger partial charge in [-0.1, -0.05) is 24.4 Å². The minimum absolute atomic E-state index is 0.485. The summed E-state index contributed by atoms with van der Waals surface area (Å²) in [5, 5.41) is 0.702. The molecule has 1 aromatic rings. The largest absolute Gasteiger partial charge is 0.358 e. The van der Waals surface area contributed by atoms with Crippen LogP contribution in [0.1, 0.15) is 31.2 Å². The van der Waals surface area contributed by atoms with Gasteiger partial charge in [0.15, 0.2) is 0 Å². The minimum Gasteiger partial charge on any atom is -0.358 e. The van der Waals surface area contributed by atoms with Crippen molar-refractivity contribution in [1.82, 2.24) is 4.98 Å². The first kappa shape index (κ1) is 12.7. The lowest BCUT2D eigenvalue weighted by molar-refractivity contribution is 0.545. The molecule has 0 saturated heterocycles. The highest BCUT2D eigenvalue weighted by atomic mass is 35.5. The summed E-state index contributed by atoms with van der Waals surface area (Å²) in [6.45, 7) is 1.54. The zero-order valence-corrected chi connectivity index (χ0v) is 11.1. The van der Waals surface area contributed by atoms with Crippen molar-refractivity contribution in [1.29, 1.82) is 0 Å². The Bertz CT molecular complexity index is 375. The number of anilines is 1. The average molecular weight is 254 g/mol. The maximum absolute atomic E-state index is 6.23. The van der Waals surface area contributed by atoms with Crippen LogP contribution >= 0.6 is 11.6 Å². The summed E-state index contributed by atoms with van der Waals surface area (Å²) in [4.78, 5) is 6.57. The first-order valence-corrected chi connectivity index (χ1v) is 6.64. The summed E-state index contributed by atoms with van der Waals surface area (Å²) < 4.78 is 0. The first-order chi connectivity index (χ1) is 8.20. The van der Waals surface area contributed by atoms with Gasteiger partial charge in [0.1, 0.15) is 5.82 Å². The zero-order chi connectivity index (χ0) is 12.3. The van der Waals surface area contributed by atoms with E-state index in [0.29, 0.717) is 11.6 Å². The number of rotatable bonds is 4. The molecule has 94 valence electrons. The van der Waals surface area contributed by atoms with Crippen LogP contribution in [0.25, 0.3) is 0 Å². The van der Waals surface area contributed by atoms with Gasteiger partial charge in [0, 0.05) is 26.3 Å². The Hall–Kier alpha value is -0.800. The van der Waals surface area contributed by atoms with E-state index in [1.807, 2.05) is 12.3 Å². The number of pyridine rings is 1. The van der Waals surface area contributed by atoms with Gasteiger partial charge in [-0.05, 0) is 30.4 Å². The molecule has 3 nitrogen and oxygen atoms in total. The van der Waals surface area contributed by atoms with Crippen molar-refractivity contribution in [3.63, 3.8) is 0 Å². The smallest absolute Gasteiger partial charge is 0.147 e. The van der Waals surface area contributed by atoms with E-state index >= 15 is 0 Å². The molecule has 0 aliphatic heterocycles. The molecule has 1 heterocycles. The van der Waals surface area contributed by atoms with Gasteiger partial charge in [0.25, 0.3) is 0 Å². The van der Waals surface area contributed by atoms with Crippen LogP contribution in [0.4, 0.5) is 5.82 Å². The molecule has 0 bridgehead atoms. The second-order valence-electron chi connectivity index (χ2n) is 4.88. The molecule has 2 N–H and O–H groups in total. The number of hydrogen-bond acceptors (Lipinski definition) is 3. The van der Waals surface area contributed by atoms with Crippen molar-refractivity contribution in [3.8, 4) is 0 Å². The molecule has 0 unspecified atom stereocenters. The van der Waals surface area contributed by atoms with Gasteiger partial charge in [-0.15, -0.1) is 0 Å². The molecular weight excluding hydrogens is 234 g/mol. The number of hydrogen-bond donors (Lipinski definition) is 1. The van der Waals surface area contributed by atoms with E-state index in [2.05, 4.69) is 16.9 Å². The molecule has 17 heavy (non-hydrogen) atoms. The Morgan fingerprint density at radius 2 is 2.18 bits per heavy atom. The van der Waals surface area contributed by atoms with Crippen molar-refractivity contribution >= 4 is 17.4 Å². The third kappa shape index (κ3) is 3.11. The molecule has 0 amide bonds. The Balaban J connectivity index is 2.04. The molecule has 1 aliphatic carbocycles. The molecule has 0 radical (unpaired) electrons. The molecule has 1 saturated carbocycles. The fourth-order valence-corrected chi connectivity index (χ4v) is 2.86. The second-order valence-corrected chi connectivity index (χ2v) is 5.29. The molecule has 0 spiro atoms. The number of nitrogens with two attached hydrogens (primary N) is 1. The highest BCUT2D eigenvalue weighted by molar-refractivity contribution is 6.33. The van der Waals surface area contributed by atoms with Crippen LogP contribution in [-0.2, 0) is 6.54 Å². The first-order valence-electron chi connectivity index (χ1n) is 6.26. The Morgan fingerprint density at radius 3 is 2.76 bits per heavy atom. The lowest BCUT2D eigenvalue weighted by atomic mass is 10.1. The predicted molar refractivity (Wildman–Crippen MR) is 72.4 cm³/mol. The maximum Gasteiger partial charge on any atom is 0.147 e. The molecule has 1 aromatic heterocycles. The molecule has 2 rings (SSSR count). The predicted octanol–water partition coefficient (Wildman–Crippen LogP) is 2.82. The third-order valence-corrected chi connectivity index (χ3v) is 3.76. The Labute approximate surface area is 108 Å². The van der Waals surface area contributed by atoms with Gasteiger partial charge >= 0.3 is 0 Å². The van der Waals surface area contributed by atoms with Crippen LogP contribution < -0.4 is 10.6 Å². The normalized spacial score (nSPS) is 16.4. The van der Waals surface area contributed by atoms with E-state index in [4.69, 9.17) is 17.3 Å². The molecule has 4 heteroatoms. The Kier molecular flexibility index (Phi) is 4.24. The number of nitrogens with zero attached hydrogens (tertiary/aromatic N) is 2. The van der Waals surface area contributed by atoms with Gasteiger partial charge in [-0.3, -0.25) is 0 Å². The quantitative estimate of drug-likeness (QED) is 0.897. The molecule has 1 fully saturated rings. The van der Waals surface area contributed by atoms with Gasteiger partial charge in [-0.25, -0.2) is 4.98 Å². The van der Waals surface area contributed by atoms with Crippen molar-refractivity contribution in [3.05, 3.63) is 22.8 Å². The van der Waals surface area contributed by atoms with Gasteiger partial charge in [0.05, 0.1) is 5.02 Å². The molecule has 0 aromatic carbocycles. The van der Waals surface area contributed by atoms with E-state index in [-0.39, 0.29) is 0 Å². The van der Waals surface area contributed by atoms with Crippen LogP contribution in [0.3, 0.4) is 0 Å². The minimum atomic E-state index is 0.485. The van der Waals surface area contributed by atoms with E-state index in [9.17, 15) is 0 Å². The topological polar surface area (TPSA) is 42.2 Å². The van der Waals surface area contributed by atoms with Gasteiger partial charge < -0.3 is 10.6 Å². The standard InChI is InChI=1S/C13H20ClN3/c1-17(9-10-4-2-3-5-10)13-12(14)6-11(7-15)8-16-13/h6,8,10H,2-5,7,9,15H2,1H3. The van der Waals surface area contributed by atoms with Crippen molar-refractivity contribution in [2.75, 3.05) is 18.5 Å². The van der Waals surface area contributed by atoms with Crippen molar-refractivity contribution in [2.45, 2.75) is 32.2 Å². The van der Waals surface area contributed by atoms with Gasteiger partial charge in [-0.2, -0.15) is 0 Å². The van der Waals surface area contributed by atoms with E-state index in [0.717, 1.165) is 23.8 Å². The Morgan fingerprint density at radius 1 is 1.47 bits per heavy atom. The van der Waals surface area contributed by atoms with Gasteiger partial charge in [0.2, 0.25) is 0 Å². The molecule has 0 atom stereocenters. The third-order valence-electron chi connectivity index (χ3n) is 3.48. The number of halogens is 1. The summed E-state index contributed by atoms with van der Waals surface area (Å²) in [5.41, 5.74) is 6.54. The van der Waals surface area contributed by atoms with Crippen LogP contribution in [0.15, 0.2) is 12.3 Å². The average Bonchev–Trinajstić information content (AvgIpc) is 2.81. The highest BCUT2D eigenvalue weighted by Crippen LogP contribution is 2.29. The van der Waals surface area contributed by atoms with E-state index in [1.165, 1.54) is 25.7 Å². The fraction of sp³-hybridized carbons (Fsp3) is 0.615. The van der Waals surface area contributed by atoms with Crippen molar-refractivity contribution < 1.29 is 0 Å². The maximum atomic E-state index is 6.23. The molecular formula is C13H20ClN3. The van der Waals surface area contributed by atoms with Crippen LogP contribution in [-0.4, -0.2) is 18.6 Å². The SMILES string of the molecule is CN(CC1CCCC1)c1ncc(CN)cc1Cl. The van der Waals surface area contributed by atoms with Crippen LogP contribution in [0.2, 0.25) is 5.02 Å². The zero-order valence-electron chi connectivity index (χ0n) is 10.3. The summed E-state index contributed by atoms with van der Waals surface area (Å²) in [6, 6.07) is 1.91. The fourth-order valence-electron chi connectivity index (χ4n) is 2.53. The lowest BCUT2D eigenvalue weighted by Crippen LogP contribution is -2.25. The van der Waals surface area contributed by atoms with Crippen LogP contribution in [0.5, 0.6) is 0 Å². The second kappa shape index (κ2) is 5.69. The summed E-state index contributed by atoms with van der Waals surface area (Å²) in [6.07, 6.45) is 7.22. The lowest BCUT2D eigenvalue weighted by Gasteiger charge is -2.23.